The Morgan fingerprint density at radius 3 is 2.81 bits per heavy atom. The van der Waals surface area contributed by atoms with Crippen LogP contribution in [0.2, 0.25) is 0 Å². The Hall–Kier alpha value is -2.78. The fourth-order valence-corrected chi connectivity index (χ4v) is 5.89. The SMILES string of the molecule is CCCn1nnc2cc(S(=O)(=O)N3CCCCC3C(=O)NCc3cccc(C)c3)ccc21. The van der Waals surface area contributed by atoms with E-state index < -0.39 is 16.1 Å². The van der Waals surface area contributed by atoms with Gasteiger partial charge in [0.1, 0.15) is 11.6 Å². The number of carbonyl (C=O) groups is 1. The van der Waals surface area contributed by atoms with Gasteiger partial charge in [0.05, 0.1) is 10.4 Å². The minimum Gasteiger partial charge on any atom is -0.351 e. The summed E-state index contributed by atoms with van der Waals surface area (Å²) < 4.78 is 30.1. The van der Waals surface area contributed by atoms with E-state index in [9.17, 15) is 13.2 Å². The number of benzene rings is 2. The molecule has 0 spiro atoms. The zero-order chi connectivity index (χ0) is 22.7. The summed E-state index contributed by atoms with van der Waals surface area (Å²) >= 11 is 0. The number of hydrogen-bond acceptors (Lipinski definition) is 5. The first kappa shape index (κ1) is 22.4. The molecule has 1 aliphatic heterocycles. The average molecular weight is 456 g/mol. The average Bonchev–Trinajstić information content (AvgIpc) is 3.20. The third-order valence-electron chi connectivity index (χ3n) is 5.83. The molecule has 0 radical (unpaired) electrons. The molecule has 0 saturated carbocycles. The standard InChI is InChI=1S/C23H29N5O3S/c1-3-12-27-21-11-10-19(15-20(21)25-26-27)32(30,31)28-13-5-4-9-22(28)23(29)24-16-18-8-6-7-17(2)14-18/h6-8,10-11,14-15,22H,3-5,9,12-13,16H2,1-2H3,(H,24,29). The van der Waals surface area contributed by atoms with Crippen LogP contribution in [-0.2, 0) is 27.9 Å². The summed E-state index contributed by atoms with van der Waals surface area (Å²) in [5.41, 5.74) is 3.45. The monoisotopic (exact) mass is 455 g/mol. The molecule has 2 heterocycles. The van der Waals surface area contributed by atoms with Crippen LogP contribution in [0.25, 0.3) is 11.0 Å². The molecular formula is C23H29N5O3S. The van der Waals surface area contributed by atoms with Gasteiger partial charge in [-0.2, -0.15) is 4.31 Å². The smallest absolute Gasteiger partial charge is 0.243 e. The number of aryl methyl sites for hydroxylation is 2. The predicted molar refractivity (Wildman–Crippen MR) is 122 cm³/mol. The van der Waals surface area contributed by atoms with Gasteiger partial charge in [-0.05, 0) is 49.9 Å². The van der Waals surface area contributed by atoms with Gasteiger partial charge in [-0.15, -0.1) is 5.10 Å². The lowest BCUT2D eigenvalue weighted by molar-refractivity contribution is -0.125. The van der Waals surface area contributed by atoms with E-state index in [1.807, 2.05) is 38.1 Å². The Balaban J connectivity index is 1.55. The summed E-state index contributed by atoms with van der Waals surface area (Å²) in [6, 6.07) is 12.1. The van der Waals surface area contributed by atoms with Crippen molar-refractivity contribution in [1.29, 1.82) is 0 Å². The van der Waals surface area contributed by atoms with Crippen molar-refractivity contribution in [2.45, 2.75) is 63.6 Å². The highest BCUT2D eigenvalue weighted by Crippen LogP contribution is 2.27. The molecular weight excluding hydrogens is 426 g/mol. The van der Waals surface area contributed by atoms with Gasteiger partial charge in [0.2, 0.25) is 15.9 Å². The summed E-state index contributed by atoms with van der Waals surface area (Å²) in [5.74, 6) is -0.259. The van der Waals surface area contributed by atoms with Crippen molar-refractivity contribution in [3.63, 3.8) is 0 Å². The molecule has 2 aromatic carbocycles. The maximum atomic E-state index is 13.5. The number of carbonyl (C=O) groups excluding carboxylic acids is 1. The van der Waals surface area contributed by atoms with E-state index >= 15 is 0 Å². The van der Waals surface area contributed by atoms with Gasteiger partial charge in [0.15, 0.2) is 0 Å². The molecule has 1 fully saturated rings. The summed E-state index contributed by atoms with van der Waals surface area (Å²) in [4.78, 5) is 13.1. The Kier molecular flexibility index (Phi) is 6.57. The van der Waals surface area contributed by atoms with Crippen molar-refractivity contribution in [3.8, 4) is 0 Å². The number of amides is 1. The lowest BCUT2D eigenvalue weighted by atomic mass is 10.0. The van der Waals surface area contributed by atoms with Gasteiger partial charge >= 0.3 is 0 Å². The molecule has 3 aromatic rings. The Morgan fingerprint density at radius 2 is 2.03 bits per heavy atom. The second-order valence-electron chi connectivity index (χ2n) is 8.30. The van der Waals surface area contributed by atoms with Crippen LogP contribution in [0.5, 0.6) is 0 Å². The molecule has 1 aromatic heterocycles. The highest BCUT2D eigenvalue weighted by Gasteiger charge is 2.37. The summed E-state index contributed by atoms with van der Waals surface area (Å²) in [6.07, 6.45) is 2.97. The number of sulfonamides is 1. The fraction of sp³-hybridized carbons (Fsp3) is 0.435. The van der Waals surface area contributed by atoms with E-state index in [1.54, 1.807) is 22.9 Å². The van der Waals surface area contributed by atoms with Gasteiger partial charge in [0.25, 0.3) is 0 Å². The highest BCUT2D eigenvalue weighted by molar-refractivity contribution is 7.89. The first-order valence-electron chi connectivity index (χ1n) is 11.1. The van der Waals surface area contributed by atoms with Crippen molar-refractivity contribution in [2.24, 2.45) is 0 Å². The maximum absolute atomic E-state index is 13.5. The van der Waals surface area contributed by atoms with Crippen molar-refractivity contribution in [2.75, 3.05) is 6.54 Å². The zero-order valence-corrected chi connectivity index (χ0v) is 19.3. The second-order valence-corrected chi connectivity index (χ2v) is 10.2. The third kappa shape index (κ3) is 4.54. The zero-order valence-electron chi connectivity index (χ0n) is 18.5. The lowest BCUT2D eigenvalue weighted by Crippen LogP contribution is -2.51. The second kappa shape index (κ2) is 9.38. The molecule has 1 N–H and O–H groups in total. The van der Waals surface area contributed by atoms with Gasteiger partial charge < -0.3 is 5.32 Å². The summed E-state index contributed by atoms with van der Waals surface area (Å²) in [6.45, 7) is 5.46. The fourth-order valence-electron chi connectivity index (χ4n) is 4.21. The third-order valence-corrected chi connectivity index (χ3v) is 7.74. The molecule has 1 saturated heterocycles. The maximum Gasteiger partial charge on any atom is 0.243 e. The van der Waals surface area contributed by atoms with E-state index in [4.69, 9.17) is 0 Å². The van der Waals surface area contributed by atoms with Crippen LogP contribution in [-0.4, -0.2) is 46.2 Å². The lowest BCUT2D eigenvalue weighted by Gasteiger charge is -2.33. The molecule has 170 valence electrons. The number of nitrogens with one attached hydrogen (secondary N) is 1. The molecule has 4 rings (SSSR count). The van der Waals surface area contributed by atoms with Gasteiger partial charge in [-0.3, -0.25) is 4.79 Å². The van der Waals surface area contributed by atoms with Crippen molar-refractivity contribution < 1.29 is 13.2 Å². The van der Waals surface area contributed by atoms with Crippen LogP contribution >= 0.6 is 0 Å². The van der Waals surface area contributed by atoms with Crippen LogP contribution in [0.4, 0.5) is 0 Å². The van der Waals surface area contributed by atoms with Crippen molar-refractivity contribution >= 4 is 27.0 Å². The molecule has 0 bridgehead atoms. The molecule has 9 heteroatoms. The van der Waals surface area contributed by atoms with Crippen LogP contribution in [0, 0.1) is 6.92 Å². The number of piperidine rings is 1. The molecule has 8 nitrogen and oxygen atoms in total. The molecule has 0 aliphatic carbocycles. The first-order chi connectivity index (χ1) is 15.4. The number of nitrogens with zero attached hydrogens (tertiary/aromatic N) is 4. The van der Waals surface area contributed by atoms with E-state index in [-0.39, 0.29) is 10.8 Å². The number of hydrogen-bond donors (Lipinski definition) is 1. The quantitative estimate of drug-likeness (QED) is 0.591. The molecule has 1 amide bonds. The Bertz CT molecular complexity index is 1220. The van der Waals surface area contributed by atoms with Crippen molar-refractivity contribution in [3.05, 3.63) is 53.6 Å². The van der Waals surface area contributed by atoms with E-state index in [2.05, 4.69) is 15.6 Å². The minimum absolute atomic E-state index is 0.145. The Morgan fingerprint density at radius 1 is 1.19 bits per heavy atom. The van der Waals surface area contributed by atoms with Crippen LogP contribution in [0.15, 0.2) is 47.4 Å². The van der Waals surface area contributed by atoms with Gasteiger partial charge in [-0.25, -0.2) is 13.1 Å². The number of fused-ring (bicyclic) bond motifs is 1. The number of aromatic nitrogens is 3. The van der Waals surface area contributed by atoms with Gasteiger partial charge in [0, 0.05) is 19.6 Å². The summed E-state index contributed by atoms with van der Waals surface area (Å²) in [7, 11) is -3.84. The molecule has 1 atom stereocenters. The van der Waals surface area contributed by atoms with E-state index in [0.717, 1.165) is 42.5 Å². The van der Waals surface area contributed by atoms with Crippen molar-refractivity contribution in [1.82, 2.24) is 24.6 Å². The van der Waals surface area contributed by atoms with Crippen LogP contribution in [0.3, 0.4) is 0 Å². The summed E-state index contributed by atoms with van der Waals surface area (Å²) in [5, 5.41) is 11.2. The molecule has 1 unspecified atom stereocenters. The molecule has 1 aliphatic rings. The topological polar surface area (TPSA) is 97.2 Å². The highest BCUT2D eigenvalue weighted by atomic mass is 32.2. The predicted octanol–water partition coefficient (Wildman–Crippen LogP) is 3.01. The minimum atomic E-state index is -3.84. The normalized spacial score (nSPS) is 17.5. The van der Waals surface area contributed by atoms with E-state index in [0.29, 0.717) is 25.0 Å². The first-order valence-corrected chi connectivity index (χ1v) is 12.5. The largest absolute Gasteiger partial charge is 0.351 e. The van der Waals surface area contributed by atoms with Crippen LogP contribution < -0.4 is 5.32 Å². The van der Waals surface area contributed by atoms with E-state index in [1.165, 1.54) is 4.31 Å². The molecule has 32 heavy (non-hydrogen) atoms. The van der Waals surface area contributed by atoms with Crippen LogP contribution in [0.1, 0.15) is 43.7 Å². The Labute approximate surface area is 188 Å². The van der Waals surface area contributed by atoms with Gasteiger partial charge in [-0.1, -0.05) is 48.4 Å². The number of rotatable bonds is 7.